The zero-order chi connectivity index (χ0) is 9.84. The topological polar surface area (TPSA) is 77.8 Å². The van der Waals surface area contributed by atoms with Gasteiger partial charge in [-0.05, 0) is 23.8 Å². The first-order valence-corrected chi connectivity index (χ1v) is 3.52. The number of benzene rings is 1. The van der Waals surface area contributed by atoms with Crippen molar-refractivity contribution in [2.75, 3.05) is 0 Å². The third-order valence-electron chi connectivity index (χ3n) is 1.42. The fourth-order valence-electron chi connectivity index (χ4n) is 0.812. The van der Waals surface area contributed by atoms with Crippen LogP contribution in [0.15, 0.2) is 24.3 Å². The van der Waals surface area contributed by atoms with E-state index in [9.17, 15) is 4.79 Å². The van der Waals surface area contributed by atoms with Crippen LogP contribution in [0.2, 0.25) is 0 Å². The molecule has 4 nitrogen and oxygen atoms in total. The second-order valence-corrected chi connectivity index (χ2v) is 2.42. The molecule has 0 saturated carbocycles. The summed E-state index contributed by atoms with van der Waals surface area (Å²) in [6.45, 7) is 0. The molecule has 0 aromatic heterocycles. The molecule has 0 amide bonds. The Hall–Kier alpha value is -0.970. The van der Waals surface area contributed by atoms with Gasteiger partial charge >= 0.3 is 35.5 Å². The van der Waals surface area contributed by atoms with Crippen molar-refractivity contribution in [2.45, 2.75) is 0 Å². The number of hydrogen-bond donors (Lipinski definition) is 3. The SMILES string of the molecule is O=C(O)/C=C/c1ccc(O)c(O)c1.[H-].[Na+]. The van der Waals surface area contributed by atoms with E-state index in [1.54, 1.807) is 0 Å². The summed E-state index contributed by atoms with van der Waals surface area (Å²) >= 11 is 0. The van der Waals surface area contributed by atoms with Crippen molar-refractivity contribution >= 4 is 12.0 Å². The number of carboxylic acids is 1. The first-order valence-electron chi connectivity index (χ1n) is 3.52. The molecule has 0 aliphatic carbocycles. The van der Waals surface area contributed by atoms with Crippen molar-refractivity contribution in [2.24, 2.45) is 0 Å². The van der Waals surface area contributed by atoms with Crippen molar-refractivity contribution in [3.63, 3.8) is 0 Å². The van der Waals surface area contributed by atoms with E-state index in [1.807, 2.05) is 0 Å². The summed E-state index contributed by atoms with van der Waals surface area (Å²) in [4.78, 5) is 10.1. The Balaban J connectivity index is 0. The zero-order valence-corrected chi connectivity index (χ0v) is 9.64. The molecular weight excluding hydrogens is 195 g/mol. The number of phenols is 2. The largest absolute Gasteiger partial charge is 1.00 e. The molecule has 70 valence electrons. The van der Waals surface area contributed by atoms with Gasteiger partial charge in [0.15, 0.2) is 11.5 Å². The van der Waals surface area contributed by atoms with Crippen molar-refractivity contribution in [3.8, 4) is 11.5 Å². The fraction of sp³-hybridized carbons (Fsp3) is 0. The number of rotatable bonds is 2. The van der Waals surface area contributed by atoms with Crippen LogP contribution < -0.4 is 29.6 Å². The molecule has 0 radical (unpaired) electrons. The molecule has 0 heterocycles. The van der Waals surface area contributed by atoms with E-state index in [1.165, 1.54) is 24.3 Å². The predicted octanol–water partition coefficient (Wildman–Crippen LogP) is -1.69. The van der Waals surface area contributed by atoms with Gasteiger partial charge in [-0.25, -0.2) is 4.79 Å². The van der Waals surface area contributed by atoms with Gasteiger partial charge in [-0.3, -0.25) is 0 Å². The maximum atomic E-state index is 10.1. The zero-order valence-electron chi connectivity index (χ0n) is 8.64. The summed E-state index contributed by atoms with van der Waals surface area (Å²) in [6, 6.07) is 4.06. The number of hydrogen-bond acceptors (Lipinski definition) is 3. The Morgan fingerprint density at radius 2 is 1.93 bits per heavy atom. The maximum Gasteiger partial charge on any atom is 1.00 e. The molecule has 0 fully saturated rings. The third-order valence-corrected chi connectivity index (χ3v) is 1.42. The minimum Gasteiger partial charge on any atom is -1.00 e. The molecule has 0 saturated heterocycles. The molecule has 0 aliphatic heterocycles. The van der Waals surface area contributed by atoms with E-state index >= 15 is 0 Å². The van der Waals surface area contributed by atoms with E-state index in [0.29, 0.717) is 5.56 Å². The Morgan fingerprint density at radius 3 is 2.43 bits per heavy atom. The van der Waals surface area contributed by atoms with Crippen LogP contribution in [0, 0.1) is 0 Å². The van der Waals surface area contributed by atoms with E-state index in [4.69, 9.17) is 15.3 Å². The number of carboxylic acid groups (broad SMARTS) is 1. The summed E-state index contributed by atoms with van der Waals surface area (Å²) in [6.07, 6.45) is 2.27. The van der Waals surface area contributed by atoms with Crippen molar-refractivity contribution < 1.29 is 51.1 Å². The molecule has 0 aliphatic rings. The molecule has 5 heteroatoms. The predicted molar refractivity (Wildman–Crippen MR) is 47.6 cm³/mol. The van der Waals surface area contributed by atoms with Gasteiger partial charge in [0.05, 0.1) is 0 Å². The minimum atomic E-state index is -1.06. The monoisotopic (exact) mass is 204 g/mol. The summed E-state index contributed by atoms with van der Waals surface area (Å²) in [5, 5.41) is 26.3. The summed E-state index contributed by atoms with van der Waals surface area (Å²) < 4.78 is 0. The molecule has 1 aromatic rings. The molecule has 3 N–H and O–H groups in total. The summed E-state index contributed by atoms with van der Waals surface area (Å²) in [7, 11) is 0. The van der Waals surface area contributed by atoms with Gasteiger partial charge in [-0.1, -0.05) is 6.07 Å². The normalized spacial score (nSPS) is 9.71. The molecule has 1 rings (SSSR count). The van der Waals surface area contributed by atoms with E-state index < -0.39 is 5.97 Å². The van der Waals surface area contributed by atoms with Crippen LogP contribution in [0.4, 0.5) is 0 Å². The molecule has 14 heavy (non-hydrogen) atoms. The molecule has 0 bridgehead atoms. The average Bonchev–Trinajstić information content (AvgIpc) is 2.07. The minimum absolute atomic E-state index is 0. The van der Waals surface area contributed by atoms with Crippen molar-refractivity contribution in [3.05, 3.63) is 29.8 Å². The second kappa shape index (κ2) is 5.70. The van der Waals surface area contributed by atoms with Crippen LogP contribution in [0.3, 0.4) is 0 Å². The Morgan fingerprint density at radius 1 is 1.29 bits per heavy atom. The van der Waals surface area contributed by atoms with Gasteiger partial charge in [0.25, 0.3) is 0 Å². The van der Waals surface area contributed by atoms with Gasteiger partial charge in [-0.2, -0.15) is 0 Å². The fourth-order valence-corrected chi connectivity index (χ4v) is 0.812. The quantitative estimate of drug-likeness (QED) is 0.305. The number of aromatic hydroxyl groups is 2. The van der Waals surface area contributed by atoms with Gasteiger partial charge in [0.1, 0.15) is 0 Å². The molecule has 0 unspecified atom stereocenters. The Labute approximate surface area is 104 Å². The van der Waals surface area contributed by atoms with E-state index in [2.05, 4.69) is 0 Å². The average molecular weight is 204 g/mol. The van der Waals surface area contributed by atoms with E-state index in [0.717, 1.165) is 6.08 Å². The first-order chi connectivity index (χ1) is 6.09. The molecule has 1 aromatic carbocycles. The van der Waals surface area contributed by atoms with Crippen LogP contribution in [-0.4, -0.2) is 21.3 Å². The first kappa shape index (κ1) is 13.0. The van der Waals surface area contributed by atoms with Gasteiger partial charge < -0.3 is 16.7 Å². The number of carbonyl (C=O) groups is 1. The number of phenolic OH excluding ortho intramolecular Hbond substituents is 2. The maximum absolute atomic E-state index is 10.1. The van der Waals surface area contributed by atoms with Crippen molar-refractivity contribution in [1.29, 1.82) is 0 Å². The molecule has 0 spiro atoms. The van der Waals surface area contributed by atoms with Crippen molar-refractivity contribution in [1.82, 2.24) is 0 Å². The summed E-state index contributed by atoms with van der Waals surface area (Å²) in [5.41, 5.74) is 0.512. The van der Waals surface area contributed by atoms with Crippen LogP contribution in [0.5, 0.6) is 11.5 Å². The van der Waals surface area contributed by atoms with Crippen LogP contribution >= 0.6 is 0 Å². The van der Waals surface area contributed by atoms with Gasteiger partial charge in [-0.15, -0.1) is 0 Å². The Bertz CT molecular complexity index is 365. The van der Waals surface area contributed by atoms with Gasteiger partial charge in [0.2, 0.25) is 0 Å². The van der Waals surface area contributed by atoms with Crippen LogP contribution in [0.1, 0.15) is 6.99 Å². The second-order valence-electron chi connectivity index (χ2n) is 2.42. The van der Waals surface area contributed by atoms with Gasteiger partial charge in [0, 0.05) is 6.08 Å². The van der Waals surface area contributed by atoms with Crippen LogP contribution in [0.25, 0.3) is 6.08 Å². The standard InChI is InChI=1S/C9H8O4.Na.H/c10-7-3-1-6(5-8(7)11)2-4-9(12)13;;/h1-5,10-11H,(H,12,13);;/q;+1;-1/b4-2+;;. The van der Waals surface area contributed by atoms with E-state index in [-0.39, 0.29) is 42.5 Å². The summed E-state index contributed by atoms with van der Waals surface area (Å²) in [5.74, 6) is -1.56. The Kier molecular flexibility index (Phi) is 5.30. The smallest absolute Gasteiger partial charge is 1.00 e. The third kappa shape index (κ3) is 3.83. The number of aliphatic carboxylic acids is 1. The molecule has 0 atom stereocenters. The molecular formula is C9H9NaO4. The van der Waals surface area contributed by atoms with Crippen LogP contribution in [-0.2, 0) is 4.79 Å².